The molecule has 0 bridgehead atoms. The Kier molecular flexibility index (Phi) is 3.67. The van der Waals surface area contributed by atoms with E-state index in [4.69, 9.17) is 0 Å². The lowest BCUT2D eigenvalue weighted by atomic mass is 9.97. The summed E-state index contributed by atoms with van der Waals surface area (Å²) in [6.07, 6.45) is 1.76. The van der Waals surface area contributed by atoms with Crippen LogP contribution in [-0.4, -0.2) is 6.67 Å². The molecule has 0 aromatic heterocycles. The SMILES string of the molecule is C=Cc1c(Br)cccc1C(C)CF. The van der Waals surface area contributed by atoms with Crippen molar-refractivity contribution in [2.24, 2.45) is 0 Å². The van der Waals surface area contributed by atoms with Crippen molar-refractivity contribution in [1.29, 1.82) is 0 Å². The van der Waals surface area contributed by atoms with Gasteiger partial charge in [-0.15, -0.1) is 0 Å². The molecule has 0 spiro atoms. The first-order chi connectivity index (χ1) is 6.20. The molecule has 1 rings (SSSR count). The molecule has 0 radical (unpaired) electrons. The number of benzene rings is 1. The van der Waals surface area contributed by atoms with E-state index in [0.29, 0.717) is 0 Å². The predicted molar refractivity (Wildman–Crippen MR) is 58.6 cm³/mol. The highest BCUT2D eigenvalue weighted by atomic mass is 79.9. The third-order valence-electron chi connectivity index (χ3n) is 2.05. The van der Waals surface area contributed by atoms with Gasteiger partial charge in [-0.25, -0.2) is 0 Å². The summed E-state index contributed by atoms with van der Waals surface area (Å²) < 4.78 is 13.4. The minimum atomic E-state index is -0.336. The average molecular weight is 243 g/mol. The lowest BCUT2D eigenvalue weighted by molar-refractivity contribution is 0.447. The van der Waals surface area contributed by atoms with Crippen molar-refractivity contribution in [2.45, 2.75) is 12.8 Å². The van der Waals surface area contributed by atoms with Gasteiger partial charge < -0.3 is 0 Å². The van der Waals surface area contributed by atoms with Crippen LogP contribution in [0.2, 0.25) is 0 Å². The smallest absolute Gasteiger partial charge is 0.0960 e. The zero-order valence-corrected chi connectivity index (χ0v) is 9.14. The van der Waals surface area contributed by atoms with E-state index in [2.05, 4.69) is 22.5 Å². The van der Waals surface area contributed by atoms with E-state index in [0.717, 1.165) is 15.6 Å². The summed E-state index contributed by atoms with van der Waals surface area (Å²) in [5.41, 5.74) is 2.00. The zero-order chi connectivity index (χ0) is 9.84. The van der Waals surface area contributed by atoms with E-state index in [1.54, 1.807) is 6.08 Å². The second kappa shape index (κ2) is 4.56. The highest BCUT2D eigenvalue weighted by Gasteiger charge is 2.10. The van der Waals surface area contributed by atoms with Gasteiger partial charge in [-0.3, -0.25) is 4.39 Å². The summed E-state index contributed by atoms with van der Waals surface area (Å²) >= 11 is 3.41. The Bertz CT molecular complexity index is 307. The summed E-state index contributed by atoms with van der Waals surface area (Å²) in [5.74, 6) is -0.0644. The summed E-state index contributed by atoms with van der Waals surface area (Å²) in [6.45, 7) is 5.25. The molecule has 0 nitrogen and oxygen atoms in total. The Balaban J connectivity index is 3.19. The van der Waals surface area contributed by atoms with Gasteiger partial charge in [0.25, 0.3) is 0 Å². The van der Waals surface area contributed by atoms with Crippen LogP contribution in [0.5, 0.6) is 0 Å². The molecule has 0 saturated carbocycles. The van der Waals surface area contributed by atoms with Crippen molar-refractivity contribution in [1.82, 2.24) is 0 Å². The van der Waals surface area contributed by atoms with E-state index in [-0.39, 0.29) is 12.6 Å². The number of alkyl halides is 1. The zero-order valence-electron chi connectivity index (χ0n) is 7.56. The molecule has 1 atom stereocenters. The molecule has 1 aromatic rings. The summed E-state index contributed by atoms with van der Waals surface area (Å²) in [6, 6.07) is 5.79. The van der Waals surface area contributed by atoms with E-state index in [9.17, 15) is 4.39 Å². The van der Waals surface area contributed by atoms with Crippen molar-refractivity contribution in [3.05, 3.63) is 40.4 Å². The lowest BCUT2D eigenvalue weighted by Crippen LogP contribution is -1.98. The molecule has 1 unspecified atom stereocenters. The Hall–Kier alpha value is -0.630. The molecule has 0 N–H and O–H groups in total. The van der Waals surface area contributed by atoms with E-state index in [1.165, 1.54) is 0 Å². The monoisotopic (exact) mass is 242 g/mol. The lowest BCUT2D eigenvalue weighted by Gasteiger charge is -2.12. The molecule has 1 aromatic carbocycles. The third-order valence-corrected chi connectivity index (χ3v) is 2.74. The molecule has 13 heavy (non-hydrogen) atoms. The van der Waals surface area contributed by atoms with Crippen LogP contribution in [0.15, 0.2) is 29.3 Å². The fraction of sp³-hybridized carbons (Fsp3) is 0.273. The number of halogens is 2. The van der Waals surface area contributed by atoms with Crippen molar-refractivity contribution >= 4 is 22.0 Å². The summed E-state index contributed by atoms with van der Waals surface area (Å²) in [7, 11) is 0. The summed E-state index contributed by atoms with van der Waals surface area (Å²) in [4.78, 5) is 0. The van der Waals surface area contributed by atoms with Gasteiger partial charge in [-0.1, -0.05) is 47.6 Å². The van der Waals surface area contributed by atoms with E-state index < -0.39 is 0 Å². The maximum absolute atomic E-state index is 12.5. The molecule has 0 aliphatic rings. The van der Waals surface area contributed by atoms with Crippen LogP contribution in [0.25, 0.3) is 6.08 Å². The van der Waals surface area contributed by atoms with Gasteiger partial charge in [0, 0.05) is 10.4 Å². The molecule has 0 aliphatic carbocycles. The van der Waals surface area contributed by atoms with Gasteiger partial charge in [0.15, 0.2) is 0 Å². The van der Waals surface area contributed by atoms with E-state index >= 15 is 0 Å². The molecule has 2 heteroatoms. The standard InChI is InChI=1S/C11H12BrF/c1-3-9-10(8(2)7-13)5-4-6-11(9)12/h3-6,8H,1,7H2,2H3. The van der Waals surface area contributed by atoms with Crippen LogP contribution < -0.4 is 0 Å². The van der Waals surface area contributed by atoms with Crippen LogP contribution in [-0.2, 0) is 0 Å². The van der Waals surface area contributed by atoms with Crippen molar-refractivity contribution in [3.8, 4) is 0 Å². The minimum Gasteiger partial charge on any atom is -0.250 e. The molecule has 0 heterocycles. The average Bonchev–Trinajstić information content (AvgIpc) is 2.16. The van der Waals surface area contributed by atoms with Crippen molar-refractivity contribution < 1.29 is 4.39 Å². The number of rotatable bonds is 3. The maximum Gasteiger partial charge on any atom is 0.0960 e. The molecule has 0 fully saturated rings. The van der Waals surface area contributed by atoms with Gasteiger partial charge >= 0.3 is 0 Å². The quantitative estimate of drug-likeness (QED) is 0.747. The first kappa shape index (κ1) is 10.5. The number of hydrogen-bond donors (Lipinski definition) is 0. The molecule has 0 aliphatic heterocycles. The Morgan fingerprint density at radius 3 is 2.85 bits per heavy atom. The second-order valence-electron chi connectivity index (χ2n) is 3.00. The Labute approximate surface area is 86.6 Å². The third kappa shape index (κ3) is 2.19. The Morgan fingerprint density at radius 1 is 1.62 bits per heavy atom. The van der Waals surface area contributed by atoms with Crippen LogP contribution in [0.3, 0.4) is 0 Å². The largest absolute Gasteiger partial charge is 0.250 e. The molecule has 0 saturated heterocycles. The van der Waals surface area contributed by atoms with Crippen LogP contribution in [0, 0.1) is 0 Å². The van der Waals surface area contributed by atoms with Gasteiger partial charge in [0.1, 0.15) is 0 Å². The molecular formula is C11H12BrF. The second-order valence-corrected chi connectivity index (χ2v) is 3.86. The van der Waals surface area contributed by atoms with Crippen LogP contribution in [0.4, 0.5) is 4.39 Å². The first-order valence-corrected chi connectivity index (χ1v) is 4.96. The fourth-order valence-corrected chi connectivity index (χ4v) is 1.83. The van der Waals surface area contributed by atoms with Gasteiger partial charge in [0.2, 0.25) is 0 Å². The number of hydrogen-bond acceptors (Lipinski definition) is 0. The molecule has 70 valence electrons. The minimum absolute atomic E-state index is 0.0644. The molecular weight excluding hydrogens is 231 g/mol. The van der Waals surface area contributed by atoms with Gasteiger partial charge in [0.05, 0.1) is 6.67 Å². The molecule has 0 amide bonds. The normalized spacial score (nSPS) is 12.5. The highest BCUT2D eigenvalue weighted by Crippen LogP contribution is 2.27. The van der Waals surface area contributed by atoms with Gasteiger partial charge in [-0.2, -0.15) is 0 Å². The van der Waals surface area contributed by atoms with Crippen LogP contribution in [0.1, 0.15) is 24.0 Å². The highest BCUT2D eigenvalue weighted by molar-refractivity contribution is 9.10. The maximum atomic E-state index is 12.5. The fourth-order valence-electron chi connectivity index (χ4n) is 1.28. The van der Waals surface area contributed by atoms with Crippen molar-refractivity contribution in [2.75, 3.05) is 6.67 Å². The van der Waals surface area contributed by atoms with Gasteiger partial charge in [-0.05, 0) is 17.2 Å². The predicted octanol–water partition coefficient (Wildman–Crippen LogP) is 4.17. The van der Waals surface area contributed by atoms with Crippen LogP contribution >= 0.6 is 15.9 Å². The van der Waals surface area contributed by atoms with Crippen molar-refractivity contribution in [3.63, 3.8) is 0 Å². The topological polar surface area (TPSA) is 0 Å². The summed E-state index contributed by atoms with van der Waals surface area (Å²) in [5, 5.41) is 0. The Morgan fingerprint density at radius 2 is 2.31 bits per heavy atom. The van der Waals surface area contributed by atoms with E-state index in [1.807, 2.05) is 25.1 Å². The first-order valence-electron chi connectivity index (χ1n) is 4.17.